The molecule has 0 N–H and O–H groups in total. The van der Waals surface area contributed by atoms with Gasteiger partial charge < -0.3 is 4.90 Å². The first kappa shape index (κ1) is 15.4. The van der Waals surface area contributed by atoms with Crippen LogP contribution in [0.4, 0.5) is 5.82 Å². The molecule has 24 heavy (non-hydrogen) atoms. The molecule has 5 nitrogen and oxygen atoms in total. The fourth-order valence-electron chi connectivity index (χ4n) is 3.22. The quantitative estimate of drug-likeness (QED) is 0.731. The van der Waals surface area contributed by atoms with Crippen molar-refractivity contribution in [2.45, 2.75) is 24.5 Å². The van der Waals surface area contributed by atoms with Crippen LogP contribution in [-0.2, 0) is 0 Å². The Morgan fingerprint density at radius 3 is 2.75 bits per heavy atom. The van der Waals surface area contributed by atoms with Crippen LogP contribution in [0.15, 0.2) is 42.5 Å². The van der Waals surface area contributed by atoms with E-state index in [-0.39, 0.29) is 0 Å². The third-order valence-electron chi connectivity index (χ3n) is 4.57. The van der Waals surface area contributed by atoms with Crippen molar-refractivity contribution in [1.29, 1.82) is 0 Å². The maximum Gasteiger partial charge on any atom is 0.185 e. The maximum absolute atomic E-state index is 4.85. The topological polar surface area (TPSA) is 46.3 Å². The van der Waals surface area contributed by atoms with Crippen molar-refractivity contribution in [2.75, 3.05) is 24.2 Å². The Morgan fingerprint density at radius 2 is 1.92 bits per heavy atom. The van der Waals surface area contributed by atoms with Crippen LogP contribution in [0.25, 0.3) is 17.0 Å². The van der Waals surface area contributed by atoms with E-state index in [1.54, 1.807) is 0 Å². The van der Waals surface area contributed by atoms with Gasteiger partial charge in [0.25, 0.3) is 0 Å². The number of nitrogens with zero attached hydrogens (tertiary/aromatic N) is 5. The number of fused-ring (bicyclic) bond motifs is 1. The number of hydrogen-bond donors (Lipinski definition) is 0. The molecule has 0 amide bonds. The van der Waals surface area contributed by atoms with Gasteiger partial charge in [-0.2, -0.15) is 16.3 Å². The summed E-state index contributed by atoms with van der Waals surface area (Å²) in [5, 5.41) is 14.1. The highest BCUT2D eigenvalue weighted by molar-refractivity contribution is 7.99. The molecule has 0 saturated carbocycles. The molecule has 0 radical (unpaired) electrons. The number of hydrogen-bond acceptors (Lipinski definition) is 5. The highest BCUT2D eigenvalue weighted by Crippen LogP contribution is 2.24. The first-order chi connectivity index (χ1) is 11.8. The highest BCUT2D eigenvalue weighted by atomic mass is 32.2. The average molecular weight is 339 g/mol. The van der Waals surface area contributed by atoms with Gasteiger partial charge in [0.05, 0.1) is 0 Å². The molecule has 0 aliphatic carbocycles. The smallest absolute Gasteiger partial charge is 0.185 e. The Labute approximate surface area is 146 Å². The Balaban J connectivity index is 1.72. The summed E-state index contributed by atoms with van der Waals surface area (Å²) in [6.45, 7) is 2.13. The Bertz CT molecular complexity index is 817. The molecule has 1 aromatic carbocycles. The number of rotatable bonds is 3. The average Bonchev–Trinajstić information content (AvgIpc) is 2.91. The van der Waals surface area contributed by atoms with Crippen LogP contribution in [0.2, 0.25) is 0 Å². The molecule has 3 heterocycles. The standard InChI is InChI=1S/C18H21N5S/c1-24-15-9-5-6-12-22(13-15)17-11-10-16-19-20-18(23(16)21-17)14-7-3-2-4-8-14/h2-4,7-8,10-11,15H,5-6,9,12-13H2,1H3. The molecule has 1 aliphatic heterocycles. The van der Waals surface area contributed by atoms with E-state index in [1.165, 1.54) is 19.3 Å². The molecule has 1 saturated heterocycles. The van der Waals surface area contributed by atoms with E-state index >= 15 is 0 Å². The van der Waals surface area contributed by atoms with Crippen molar-refractivity contribution < 1.29 is 0 Å². The summed E-state index contributed by atoms with van der Waals surface area (Å²) in [7, 11) is 0. The predicted octanol–water partition coefficient (Wildman–Crippen LogP) is 3.51. The van der Waals surface area contributed by atoms with Crippen molar-refractivity contribution in [1.82, 2.24) is 19.8 Å². The molecule has 3 aromatic rings. The number of aromatic nitrogens is 4. The summed E-state index contributed by atoms with van der Waals surface area (Å²) in [4.78, 5) is 2.41. The third-order valence-corrected chi connectivity index (χ3v) is 5.62. The Kier molecular flexibility index (Phi) is 4.38. The molecule has 4 rings (SSSR count). The van der Waals surface area contributed by atoms with Crippen LogP contribution >= 0.6 is 11.8 Å². The van der Waals surface area contributed by atoms with E-state index in [0.29, 0.717) is 5.25 Å². The lowest BCUT2D eigenvalue weighted by Crippen LogP contribution is -2.30. The van der Waals surface area contributed by atoms with Gasteiger partial charge in [-0.25, -0.2) is 0 Å². The number of thioether (sulfide) groups is 1. The van der Waals surface area contributed by atoms with Crippen LogP contribution in [0.3, 0.4) is 0 Å². The minimum Gasteiger partial charge on any atom is -0.354 e. The number of anilines is 1. The van der Waals surface area contributed by atoms with Crippen molar-refractivity contribution >= 4 is 23.2 Å². The van der Waals surface area contributed by atoms with Gasteiger partial charge >= 0.3 is 0 Å². The van der Waals surface area contributed by atoms with Crippen LogP contribution in [0.5, 0.6) is 0 Å². The lowest BCUT2D eigenvalue weighted by Gasteiger charge is -2.24. The Hall–Kier alpha value is -2.08. The minimum atomic E-state index is 0.680. The normalized spacial score (nSPS) is 18.7. The van der Waals surface area contributed by atoms with Gasteiger partial charge in [0.2, 0.25) is 0 Å². The van der Waals surface area contributed by atoms with Crippen LogP contribution in [0.1, 0.15) is 19.3 Å². The summed E-state index contributed by atoms with van der Waals surface area (Å²) in [5.41, 5.74) is 1.82. The van der Waals surface area contributed by atoms with Gasteiger partial charge in [-0.05, 0) is 31.2 Å². The first-order valence-corrected chi connectivity index (χ1v) is 9.69. The molecule has 0 spiro atoms. The second-order valence-corrected chi connectivity index (χ2v) is 7.29. The molecular formula is C18H21N5S. The van der Waals surface area contributed by atoms with Crippen LogP contribution < -0.4 is 4.90 Å². The summed E-state index contributed by atoms with van der Waals surface area (Å²) in [6, 6.07) is 14.2. The van der Waals surface area contributed by atoms with Gasteiger partial charge in [-0.1, -0.05) is 36.8 Å². The summed E-state index contributed by atoms with van der Waals surface area (Å²) < 4.78 is 1.86. The SMILES string of the molecule is CSC1CCCCN(c2ccc3nnc(-c4ccccc4)n3n2)C1. The molecular weight excluding hydrogens is 318 g/mol. The zero-order chi connectivity index (χ0) is 16.4. The second kappa shape index (κ2) is 6.81. The molecule has 124 valence electrons. The lowest BCUT2D eigenvalue weighted by molar-refractivity contribution is 0.735. The van der Waals surface area contributed by atoms with Crippen molar-refractivity contribution in [3.63, 3.8) is 0 Å². The van der Waals surface area contributed by atoms with Crippen LogP contribution in [0, 0.1) is 0 Å². The third kappa shape index (κ3) is 2.98. The molecule has 0 bridgehead atoms. The van der Waals surface area contributed by atoms with Crippen molar-refractivity contribution in [3.05, 3.63) is 42.5 Å². The molecule has 1 aliphatic rings. The molecule has 6 heteroatoms. The van der Waals surface area contributed by atoms with Gasteiger partial charge in [0.1, 0.15) is 5.82 Å². The molecule has 1 atom stereocenters. The Morgan fingerprint density at radius 1 is 1.04 bits per heavy atom. The van der Waals surface area contributed by atoms with E-state index < -0.39 is 0 Å². The zero-order valence-corrected chi connectivity index (χ0v) is 14.6. The lowest BCUT2D eigenvalue weighted by atomic mass is 10.2. The summed E-state index contributed by atoms with van der Waals surface area (Å²) in [5.74, 6) is 1.81. The van der Waals surface area contributed by atoms with E-state index in [0.717, 1.165) is 35.9 Å². The maximum atomic E-state index is 4.85. The number of benzene rings is 1. The second-order valence-electron chi connectivity index (χ2n) is 6.15. The largest absolute Gasteiger partial charge is 0.354 e. The fraction of sp³-hybridized carbons (Fsp3) is 0.389. The first-order valence-electron chi connectivity index (χ1n) is 8.41. The van der Waals surface area contributed by atoms with Gasteiger partial charge in [0, 0.05) is 23.9 Å². The summed E-state index contributed by atoms with van der Waals surface area (Å²) >= 11 is 1.96. The van der Waals surface area contributed by atoms with E-state index in [4.69, 9.17) is 5.10 Å². The monoisotopic (exact) mass is 339 g/mol. The van der Waals surface area contributed by atoms with Crippen molar-refractivity contribution in [3.8, 4) is 11.4 Å². The summed E-state index contributed by atoms with van der Waals surface area (Å²) in [6.07, 6.45) is 6.02. The molecule has 1 unspecified atom stereocenters. The predicted molar refractivity (Wildman–Crippen MR) is 99.6 cm³/mol. The molecule has 1 fully saturated rings. The highest BCUT2D eigenvalue weighted by Gasteiger charge is 2.19. The van der Waals surface area contributed by atoms with E-state index in [9.17, 15) is 0 Å². The van der Waals surface area contributed by atoms with E-state index in [1.807, 2.05) is 52.7 Å². The van der Waals surface area contributed by atoms with Gasteiger partial charge in [0.15, 0.2) is 11.5 Å². The van der Waals surface area contributed by atoms with Crippen LogP contribution in [-0.4, -0.2) is 44.4 Å². The zero-order valence-electron chi connectivity index (χ0n) is 13.8. The van der Waals surface area contributed by atoms with Gasteiger partial charge in [-0.3, -0.25) is 0 Å². The molecule has 2 aromatic heterocycles. The van der Waals surface area contributed by atoms with Gasteiger partial charge in [-0.15, -0.1) is 15.3 Å². The minimum absolute atomic E-state index is 0.680. The van der Waals surface area contributed by atoms with E-state index in [2.05, 4.69) is 27.4 Å². The van der Waals surface area contributed by atoms with Crippen molar-refractivity contribution in [2.24, 2.45) is 0 Å². The fourth-order valence-corrected chi connectivity index (χ4v) is 3.95.